The first kappa shape index (κ1) is 13.1. The summed E-state index contributed by atoms with van der Waals surface area (Å²) in [5.74, 6) is 0.945. The highest BCUT2D eigenvalue weighted by molar-refractivity contribution is 6.31. The van der Waals surface area contributed by atoms with E-state index in [1.807, 2.05) is 6.07 Å². The largest absolute Gasteiger partial charge is 0.508 e. The van der Waals surface area contributed by atoms with Gasteiger partial charge in [0.15, 0.2) is 0 Å². The number of methoxy groups -OCH3 is 1. The summed E-state index contributed by atoms with van der Waals surface area (Å²) in [6, 6.07) is 10.4. The van der Waals surface area contributed by atoms with E-state index in [2.05, 4.69) is 0 Å². The maximum atomic E-state index is 9.80. The summed E-state index contributed by atoms with van der Waals surface area (Å²) in [5, 5.41) is 11.0. The van der Waals surface area contributed by atoms with Crippen LogP contribution in [-0.4, -0.2) is 12.2 Å². The molecule has 1 N–H and O–H groups in total. The number of phenols is 1. The predicted octanol–water partition coefficient (Wildman–Crippen LogP) is 4.30. The van der Waals surface area contributed by atoms with Crippen molar-refractivity contribution >= 4 is 23.2 Å². The zero-order valence-corrected chi connectivity index (χ0v) is 11.3. The summed E-state index contributed by atoms with van der Waals surface area (Å²) in [5.41, 5.74) is 1.64. The summed E-state index contributed by atoms with van der Waals surface area (Å²) in [4.78, 5) is 0. The monoisotopic (exact) mass is 282 g/mol. The average Bonchev–Trinajstić information content (AvgIpc) is 2.34. The Labute approximate surface area is 116 Å². The van der Waals surface area contributed by atoms with Crippen molar-refractivity contribution in [1.29, 1.82) is 0 Å². The third-order valence-electron chi connectivity index (χ3n) is 2.66. The lowest BCUT2D eigenvalue weighted by molar-refractivity contribution is 0.410. The molecule has 2 aromatic rings. The van der Waals surface area contributed by atoms with E-state index in [-0.39, 0.29) is 5.75 Å². The van der Waals surface area contributed by atoms with Crippen LogP contribution in [0, 0.1) is 0 Å². The van der Waals surface area contributed by atoms with Gasteiger partial charge in [0.25, 0.3) is 0 Å². The highest BCUT2D eigenvalue weighted by atomic mass is 35.5. The fourth-order valence-corrected chi connectivity index (χ4v) is 2.18. The molecule has 0 fully saturated rings. The normalized spacial score (nSPS) is 10.4. The second-order valence-electron chi connectivity index (χ2n) is 3.91. The van der Waals surface area contributed by atoms with Crippen molar-refractivity contribution in [2.45, 2.75) is 6.42 Å². The number of benzene rings is 2. The number of phenolic OH excluding ortho intramolecular Hbond substituents is 1. The first-order valence-corrected chi connectivity index (χ1v) is 6.15. The second kappa shape index (κ2) is 5.51. The van der Waals surface area contributed by atoms with Crippen LogP contribution in [-0.2, 0) is 6.42 Å². The summed E-state index contributed by atoms with van der Waals surface area (Å²) in [6.45, 7) is 0. The molecule has 0 heterocycles. The Bertz CT molecular complexity index is 568. The second-order valence-corrected chi connectivity index (χ2v) is 4.78. The van der Waals surface area contributed by atoms with E-state index in [0.29, 0.717) is 16.5 Å². The van der Waals surface area contributed by atoms with Crippen molar-refractivity contribution in [3.63, 3.8) is 0 Å². The molecule has 94 valence electrons. The third-order valence-corrected chi connectivity index (χ3v) is 3.14. The zero-order chi connectivity index (χ0) is 13.1. The lowest BCUT2D eigenvalue weighted by atomic mass is 10.0. The van der Waals surface area contributed by atoms with Crippen LogP contribution in [0.3, 0.4) is 0 Å². The Balaban J connectivity index is 2.38. The van der Waals surface area contributed by atoms with Crippen LogP contribution in [0.2, 0.25) is 10.0 Å². The molecule has 0 saturated carbocycles. The standard InChI is InChI=1S/C14H12Cl2O2/c1-18-14-5-3-12(16)8-10(14)6-9-7-11(15)2-4-13(9)17/h2-5,7-8,17H,6H2,1H3. The minimum atomic E-state index is 0.210. The third kappa shape index (κ3) is 2.89. The smallest absolute Gasteiger partial charge is 0.122 e. The summed E-state index contributed by atoms with van der Waals surface area (Å²) in [6.07, 6.45) is 0.510. The van der Waals surface area contributed by atoms with E-state index in [0.717, 1.165) is 16.9 Å². The molecule has 0 unspecified atom stereocenters. The Kier molecular flexibility index (Phi) is 4.00. The van der Waals surface area contributed by atoms with Gasteiger partial charge in [0.1, 0.15) is 11.5 Å². The molecule has 2 nitrogen and oxygen atoms in total. The molecule has 2 aromatic carbocycles. The van der Waals surface area contributed by atoms with Crippen LogP contribution in [0.5, 0.6) is 11.5 Å². The van der Waals surface area contributed by atoms with Crippen molar-refractivity contribution in [2.75, 3.05) is 7.11 Å². The summed E-state index contributed by atoms with van der Waals surface area (Å²) >= 11 is 11.9. The van der Waals surface area contributed by atoms with E-state index >= 15 is 0 Å². The molecule has 18 heavy (non-hydrogen) atoms. The number of hydrogen-bond acceptors (Lipinski definition) is 2. The lowest BCUT2D eigenvalue weighted by Crippen LogP contribution is -1.94. The lowest BCUT2D eigenvalue weighted by Gasteiger charge is -2.10. The quantitative estimate of drug-likeness (QED) is 0.910. The van der Waals surface area contributed by atoms with Crippen LogP contribution in [0.25, 0.3) is 0 Å². The number of rotatable bonds is 3. The summed E-state index contributed by atoms with van der Waals surface area (Å²) in [7, 11) is 1.60. The minimum Gasteiger partial charge on any atom is -0.508 e. The van der Waals surface area contributed by atoms with E-state index in [1.165, 1.54) is 0 Å². The van der Waals surface area contributed by atoms with Gasteiger partial charge in [-0.25, -0.2) is 0 Å². The van der Waals surface area contributed by atoms with Gasteiger partial charge in [-0.05, 0) is 42.0 Å². The fourth-order valence-electron chi connectivity index (χ4n) is 1.79. The molecule has 0 aliphatic carbocycles. The maximum Gasteiger partial charge on any atom is 0.122 e. The van der Waals surface area contributed by atoms with Crippen LogP contribution >= 0.6 is 23.2 Å². The van der Waals surface area contributed by atoms with Gasteiger partial charge in [-0.3, -0.25) is 0 Å². The molecule has 4 heteroatoms. The van der Waals surface area contributed by atoms with Gasteiger partial charge < -0.3 is 9.84 Å². The molecule has 0 amide bonds. The average molecular weight is 283 g/mol. The number of hydrogen-bond donors (Lipinski definition) is 1. The molecular formula is C14H12Cl2O2. The number of aromatic hydroxyl groups is 1. The van der Waals surface area contributed by atoms with Crippen LogP contribution in [0.4, 0.5) is 0 Å². The fraction of sp³-hybridized carbons (Fsp3) is 0.143. The van der Waals surface area contributed by atoms with Gasteiger partial charge in [-0.1, -0.05) is 23.2 Å². The highest BCUT2D eigenvalue weighted by Crippen LogP contribution is 2.29. The molecule has 0 bridgehead atoms. The molecule has 0 aliphatic heterocycles. The number of halogens is 2. The zero-order valence-electron chi connectivity index (χ0n) is 9.78. The number of ether oxygens (including phenoxy) is 1. The Morgan fingerprint density at radius 3 is 2.28 bits per heavy atom. The van der Waals surface area contributed by atoms with Crippen LogP contribution in [0.15, 0.2) is 36.4 Å². The van der Waals surface area contributed by atoms with Crippen LogP contribution < -0.4 is 4.74 Å². The molecule has 0 radical (unpaired) electrons. The molecule has 0 saturated heterocycles. The molecule has 0 aliphatic rings. The van der Waals surface area contributed by atoms with E-state index < -0.39 is 0 Å². The van der Waals surface area contributed by atoms with E-state index in [1.54, 1.807) is 37.4 Å². The van der Waals surface area contributed by atoms with Gasteiger partial charge in [-0.2, -0.15) is 0 Å². The van der Waals surface area contributed by atoms with Crippen molar-refractivity contribution in [3.8, 4) is 11.5 Å². The Hall–Kier alpha value is -1.38. The van der Waals surface area contributed by atoms with Gasteiger partial charge in [-0.15, -0.1) is 0 Å². The van der Waals surface area contributed by atoms with Gasteiger partial charge >= 0.3 is 0 Å². The minimum absolute atomic E-state index is 0.210. The van der Waals surface area contributed by atoms with Crippen molar-refractivity contribution < 1.29 is 9.84 Å². The first-order valence-electron chi connectivity index (χ1n) is 5.40. The molecule has 0 spiro atoms. The first-order chi connectivity index (χ1) is 8.60. The molecular weight excluding hydrogens is 271 g/mol. The van der Waals surface area contributed by atoms with Gasteiger partial charge in [0.05, 0.1) is 7.11 Å². The highest BCUT2D eigenvalue weighted by Gasteiger charge is 2.08. The van der Waals surface area contributed by atoms with Gasteiger partial charge in [0.2, 0.25) is 0 Å². The van der Waals surface area contributed by atoms with Crippen molar-refractivity contribution in [1.82, 2.24) is 0 Å². The molecule has 0 atom stereocenters. The maximum absolute atomic E-state index is 9.80. The molecule has 0 aromatic heterocycles. The van der Waals surface area contributed by atoms with Crippen molar-refractivity contribution in [3.05, 3.63) is 57.6 Å². The van der Waals surface area contributed by atoms with Crippen LogP contribution in [0.1, 0.15) is 11.1 Å². The van der Waals surface area contributed by atoms with Crippen molar-refractivity contribution in [2.24, 2.45) is 0 Å². The predicted molar refractivity (Wildman–Crippen MR) is 73.9 cm³/mol. The van der Waals surface area contributed by atoms with Gasteiger partial charge in [0, 0.05) is 22.0 Å². The Morgan fingerprint density at radius 2 is 1.61 bits per heavy atom. The topological polar surface area (TPSA) is 29.5 Å². The van der Waals surface area contributed by atoms with E-state index in [9.17, 15) is 5.11 Å². The summed E-state index contributed by atoms with van der Waals surface area (Å²) < 4.78 is 5.27. The van der Waals surface area contributed by atoms with E-state index in [4.69, 9.17) is 27.9 Å². The SMILES string of the molecule is COc1ccc(Cl)cc1Cc1cc(Cl)ccc1O. The molecule has 2 rings (SSSR count). The Morgan fingerprint density at radius 1 is 1.00 bits per heavy atom.